The lowest BCUT2D eigenvalue weighted by Gasteiger charge is -2.28. The third-order valence-electron chi connectivity index (χ3n) is 5.93. The van der Waals surface area contributed by atoms with Crippen molar-refractivity contribution in [1.82, 2.24) is 0 Å². The fourth-order valence-electron chi connectivity index (χ4n) is 4.15. The molecule has 3 rings (SSSR count). The summed E-state index contributed by atoms with van der Waals surface area (Å²) in [7, 11) is 0. The van der Waals surface area contributed by atoms with E-state index in [1.165, 1.54) is 32.1 Å². The molecule has 1 aliphatic rings. The maximum atomic E-state index is 13.8. The van der Waals surface area contributed by atoms with Gasteiger partial charge in [-0.05, 0) is 60.1 Å². The minimum atomic E-state index is -5.07. The van der Waals surface area contributed by atoms with E-state index in [0.29, 0.717) is 36.0 Å². The van der Waals surface area contributed by atoms with Gasteiger partial charge >= 0.3 is 6.18 Å². The smallest absolute Gasteiger partial charge is 0.422 e. The molecule has 0 aromatic heterocycles. The van der Waals surface area contributed by atoms with Gasteiger partial charge in [-0.3, -0.25) is 0 Å². The topological polar surface area (TPSA) is 9.23 Å². The molecule has 1 saturated carbocycles. The molecular weight excluding hydrogens is 399 g/mol. The van der Waals surface area contributed by atoms with E-state index in [0.717, 1.165) is 18.8 Å². The Morgan fingerprint density at radius 3 is 1.97 bits per heavy atom. The van der Waals surface area contributed by atoms with Crippen LogP contribution in [0.5, 0.6) is 5.75 Å². The predicted octanol–water partition coefficient (Wildman–Crippen LogP) is 8.03. The van der Waals surface area contributed by atoms with Crippen LogP contribution in [0.1, 0.15) is 57.4 Å². The Balaban J connectivity index is 1.57. The molecule has 164 valence electrons. The lowest BCUT2D eigenvalue weighted by Crippen LogP contribution is -2.20. The fraction of sp³-hybridized carbons (Fsp3) is 0.500. The Labute approximate surface area is 174 Å². The summed E-state index contributed by atoms with van der Waals surface area (Å²) in [6.45, 7) is 2.85. The minimum absolute atomic E-state index is 0.0509. The largest absolute Gasteiger partial charge is 0.493 e. The van der Waals surface area contributed by atoms with Crippen molar-refractivity contribution in [3.8, 4) is 16.9 Å². The van der Waals surface area contributed by atoms with Crippen LogP contribution in [0.3, 0.4) is 0 Å². The van der Waals surface area contributed by atoms with E-state index in [-0.39, 0.29) is 5.56 Å². The van der Waals surface area contributed by atoms with Gasteiger partial charge in [0, 0.05) is 0 Å². The normalized spacial score (nSPS) is 19.7. The average Bonchev–Trinajstić information content (AvgIpc) is 2.70. The molecule has 2 aromatic carbocycles. The molecule has 0 unspecified atom stereocenters. The maximum Gasteiger partial charge on any atom is 0.422 e. The standard InChI is InChI=1S/C24H27F5O/c1-2-3-4-16-5-7-17(8-6-16)15-30-20-11-9-18(10-12-20)19-13-21(25)23(22(26)14-19)24(27,28)29/h9-14,16-17H,2-8,15H2,1H3. The highest BCUT2D eigenvalue weighted by Crippen LogP contribution is 2.36. The van der Waals surface area contributed by atoms with E-state index >= 15 is 0 Å². The molecule has 2 aromatic rings. The van der Waals surface area contributed by atoms with Crippen molar-refractivity contribution in [3.05, 3.63) is 53.6 Å². The van der Waals surface area contributed by atoms with Crippen molar-refractivity contribution >= 4 is 0 Å². The van der Waals surface area contributed by atoms with Crippen LogP contribution in [-0.4, -0.2) is 6.61 Å². The van der Waals surface area contributed by atoms with E-state index in [4.69, 9.17) is 4.74 Å². The van der Waals surface area contributed by atoms with E-state index in [9.17, 15) is 22.0 Å². The molecule has 1 fully saturated rings. The second-order valence-corrected chi connectivity index (χ2v) is 8.18. The highest BCUT2D eigenvalue weighted by molar-refractivity contribution is 5.65. The second-order valence-electron chi connectivity index (χ2n) is 8.18. The summed E-state index contributed by atoms with van der Waals surface area (Å²) in [6.07, 6.45) is 3.61. The highest BCUT2D eigenvalue weighted by atomic mass is 19.4. The van der Waals surface area contributed by atoms with Gasteiger partial charge in [0.05, 0.1) is 6.61 Å². The zero-order chi connectivity index (χ0) is 21.7. The van der Waals surface area contributed by atoms with E-state index < -0.39 is 23.4 Å². The number of ether oxygens (including phenoxy) is 1. The number of rotatable bonds is 7. The first-order valence-electron chi connectivity index (χ1n) is 10.6. The molecule has 0 saturated heterocycles. The zero-order valence-corrected chi connectivity index (χ0v) is 17.1. The van der Waals surface area contributed by atoms with Crippen molar-refractivity contribution < 1.29 is 26.7 Å². The monoisotopic (exact) mass is 426 g/mol. The molecule has 1 aliphatic carbocycles. The third kappa shape index (κ3) is 5.73. The zero-order valence-electron chi connectivity index (χ0n) is 17.1. The summed E-state index contributed by atoms with van der Waals surface area (Å²) in [5, 5.41) is 0. The number of unbranched alkanes of at least 4 members (excludes halogenated alkanes) is 1. The Morgan fingerprint density at radius 1 is 0.867 bits per heavy atom. The van der Waals surface area contributed by atoms with Gasteiger partial charge in [0.15, 0.2) is 0 Å². The number of hydrogen-bond acceptors (Lipinski definition) is 1. The van der Waals surface area contributed by atoms with Crippen molar-refractivity contribution in [1.29, 1.82) is 0 Å². The Hall–Kier alpha value is -2.11. The molecular formula is C24H27F5O. The SMILES string of the molecule is CCCCC1CCC(COc2ccc(-c3cc(F)c(C(F)(F)F)c(F)c3)cc2)CC1. The van der Waals surface area contributed by atoms with Crippen molar-refractivity contribution in [3.63, 3.8) is 0 Å². The van der Waals surface area contributed by atoms with Gasteiger partial charge in [-0.15, -0.1) is 0 Å². The number of benzene rings is 2. The van der Waals surface area contributed by atoms with E-state index in [1.54, 1.807) is 24.3 Å². The van der Waals surface area contributed by atoms with Crippen LogP contribution in [0, 0.1) is 23.5 Å². The van der Waals surface area contributed by atoms with Crippen LogP contribution in [0.2, 0.25) is 0 Å². The molecule has 0 amide bonds. The number of halogens is 5. The molecule has 30 heavy (non-hydrogen) atoms. The Bertz CT molecular complexity index is 797. The van der Waals surface area contributed by atoms with E-state index in [1.807, 2.05) is 0 Å². The molecule has 1 nitrogen and oxygen atoms in total. The third-order valence-corrected chi connectivity index (χ3v) is 5.93. The van der Waals surface area contributed by atoms with Gasteiger partial charge < -0.3 is 4.74 Å². The predicted molar refractivity (Wildman–Crippen MR) is 107 cm³/mol. The molecule has 0 radical (unpaired) electrons. The van der Waals surface area contributed by atoms with Gasteiger partial charge in [0.2, 0.25) is 0 Å². The van der Waals surface area contributed by atoms with Crippen molar-refractivity contribution in [2.75, 3.05) is 6.61 Å². The van der Waals surface area contributed by atoms with E-state index in [2.05, 4.69) is 6.92 Å². The Kier molecular flexibility index (Phi) is 7.37. The lowest BCUT2D eigenvalue weighted by molar-refractivity contribution is -0.142. The molecule has 0 atom stereocenters. The maximum absolute atomic E-state index is 13.8. The summed E-state index contributed by atoms with van der Waals surface area (Å²) in [5.41, 5.74) is -1.39. The molecule has 0 aliphatic heterocycles. The summed E-state index contributed by atoms with van der Waals surface area (Å²) < 4.78 is 71.6. The summed E-state index contributed by atoms with van der Waals surface area (Å²) in [5.74, 6) is -1.23. The molecule has 6 heteroatoms. The fourth-order valence-corrected chi connectivity index (χ4v) is 4.15. The average molecular weight is 426 g/mol. The number of hydrogen-bond donors (Lipinski definition) is 0. The molecule has 0 N–H and O–H groups in total. The second kappa shape index (κ2) is 9.80. The van der Waals surface area contributed by atoms with Crippen molar-refractivity contribution in [2.24, 2.45) is 11.8 Å². The van der Waals surface area contributed by atoms with Crippen LogP contribution in [-0.2, 0) is 6.18 Å². The van der Waals surface area contributed by atoms with Crippen LogP contribution in [0.4, 0.5) is 22.0 Å². The van der Waals surface area contributed by atoms with Crippen LogP contribution >= 0.6 is 0 Å². The molecule has 0 spiro atoms. The van der Waals surface area contributed by atoms with Gasteiger partial charge in [-0.25, -0.2) is 8.78 Å². The molecule has 0 heterocycles. The van der Waals surface area contributed by atoms with Gasteiger partial charge in [-0.2, -0.15) is 13.2 Å². The van der Waals surface area contributed by atoms with Crippen molar-refractivity contribution in [2.45, 2.75) is 58.0 Å². The number of alkyl halides is 3. The summed E-state index contributed by atoms with van der Waals surface area (Å²) in [4.78, 5) is 0. The Morgan fingerprint density at radius 2 is 1.43 bits per heavy atom. The highest BCUT2D eigenvalue weighted by Gasteiger charge is 2.38. The molecule has 0 bridgehead atoms. The summed E-state index contributed by atoms with van der Waals surface area (Å²) >= 11 is 0. The first-order valence-corrected chi connectivity index (χ1v) is 10.6. The van der Waals surface area contributed by atoms with Crippen LogP contribution in [0.25, 0.3) is 11.1 Å². The lowest BCUT2D eigenvalue weighted by atomic mass is 9.80. The quantitative estimate of drug-likeness (QED) is 0.407. The first-order chi connectivity index (χ1) is 14.3. The van der Waals surface area contributed by atoms with Crippen LogP contribution in [0.15, 0.2) is 36.4 Å². The summed E-state index contributed by atoms with van der Waals surface area (Å²) in [6, 6.07) is 7.96. The van der Waals surface area contributed by atoms with Gasteiger partial charge in [-0.1, -0.05) is 51.2 Å². The first kappa shape index (κ1) is 22.6. The minimum Gasteiger partial charge on any atom is -0.493 e. The van der Waals surface area contributed by atoms with Gasteiger partial charge in [0.1, 0.15) is 22.9 Å². The van der Waals surface area contributed by atoms with Gasteiger partial charge in [0.25, 0.3) is 0 Å². The van der Waals surface area contributed by atoms with Crippen LogP contribution < -0.4 is 4.74 Å².